The average Bonchev–Trinajstić information content (AvgIpc) is 2.97. The Morgan fingerprint density at radius 2 is 1.62 bits per heavy atom. The molecule has 2 aliphatic heterocycles. The summed E-state index contributed by atoms with van der Waals surface area (Å²) in [4.78, 5) is 62.9. The predicted molar refractivity (Wildman–Crippen MR) is 166 cm³/mol. The minimum atomic E-state index is -1.12. The third-order valence-electron chi connectivity index (χ3n) is 7.78. The maximum Gasteiger partial charge on any atom is 0.409 e. The Balaban J connectivity index is 1.56. The maximum atomic E-state index is 13.7. The molecule has 0 aliphatic carbocycles. The normalized spacial score (nSPS) is 18.5. The molecule has 3 amide bonds. The summed E-state index contributed by atoms with van der Waals surface area (Å²) in [6.45, 7) is 11.4. The van der Waals surface area contributed by atoms with E-state index in [1.165, 1.54) is 15.9 Å². The molecular formula is C32H44N6O7. The third kappa shape index (κ3) is 9.37. The summed E-state index contributed by atoms with van der Waals surface area (Å²) in [5, 5.41) is 15.7. The molecule has 1 aromatic heterocycles. The number of piperazine rings is 1. The summed E-state index contributed by atoms with van der Waals surface area (Å²) in [5.74, 6) is -1.66. The van der Waals surface area contributed by atoms with Crippen LogP contribution < -0.4 is 15.4 Å². The second-order valence-corrected chi connectivity index (χ2v) is 12.8. The molecule has 1 aromatic carbocycles. The van der Waals surface area contributed by atoms with Gasteiger partial charge >= 0.3 is 12.1 Å². The Bertz CT molecular complexity index is 1360. The lowest BCUT2D eigenvalue weighted by atomic mass is 9.81. The standard InChI is InChI=1S/C32H44N6O7/c1-6-44-30(43)38-16-14-37(15-17-38)29(42)23(12-13-26(39)40)34-28(41)24-18-25(35-27(33-24)21-10-8-7-9-11-21)45-22-19-31(2,3)36-32(4,5)20-22/h7-11,18,22-23,36H,6,12-17,19-20H2,1-5H3,(H,34,41)(H,39,40). The van der Waals surface area contributed by atoms with Gasteiger partial charge in [-0.05, 0) is 41.0 Å². The van der Waals surface area contributed by atoms with Crippen LogP contribution in [0, 0.1) is 0 Å². The van der Waals surface area contributed by atoms with Gasteiger partial charge in [0.25, 0.3) is 5.91 Å². The highest BCUT2D eigenvalue weighted by atomic mass is 16.6. The number of ether oxygens (including phenoxy) is 2. The van der Waals surface area contributed by atoms with Crippen LogP contribution in [-0.2, 0) is 14.3 Å². The molecule has 2 aromatic rings. The van der Waals surface area contributed by atoms with Gasteiger partial charge in [0.15, 0.2) is 5.82 Å². The lowest BCUT2D eigenvalue weighted by Crippen LogP contribution is -2.60. The van der Waals surface area contributed by atoms with Gasteiger partial charge in [-0.15, -0.1) is 0 Å². The van der Waals surface area contributed by atoms with Crippen molar-refractivity contribution in [1.82, 2.24) is 30.4 Å². The van der Waals surface area contributed by atoms with Crippen LogP contribution in [-0.4, -0.2) is 105 Å². The first-order chi connectivity index (χ1) is 21.2. The predicted octanol–water partition coefficient (Wildman–Crippen LogP) is 3.10. The van der Waals surface area contributed by atoms with E-state index in [0.29, 0.717) is 5.56 Å². The zero-order valence-electron chi connectivity index (χ0n) is 26.7. The SMILES string of the molecule is CCOC(=O)N1CCN(C(=O)C(CCC(=O)O)NC(=O)c2cc(OC3CC(C)(C)NC(C)(C)C3)nc(-c3ccccc3)n2)CC1. The number of carboxylic acid groups (broad SMARTS) is 1. The van der Waals surface area contributed by atoms with Crippen molar-refractivity contribution in [3.05, 3.63) is 42.1 Å². The molecular weight excluding hydrogens is 580 g/mol. The van der Waals surface area contributed by atoms with E-state index in [1.807, 2.05) is 30.3 Å². The molecule has 3 N–H and O–H groups in total. The summed E-state index contributed by atoms with van der Waals surface area (Å²) < 4.78 is 11.4. The number of hydrogen-bond donors (Lipinski definition) is 3. The number of hydrogen-bond acceptors (Lipinski definition) is 9. The number of amides is 3. The second kappa shape index (κ2) is 14.2. The van der Waals surface area contributed by atoms with Crippen LogP contribution in [0.4, 0.5) is 4.79 Å². The van der Waals surface area contributed by atoms with Crippen LogP contribution in [0.15, 0.2) is 36.4 Å². The van der Waals surface area contributed by atoms with E-state index in [2.05, 4.69) is 48.3 Å². The molecule has 0 saturated carbocycles. The van der Waals surface area contributed by atoms with E-state index in [4.69, 9.17) is 9.47 Å². The van der Waals surface area contributed by atoms with Crippen molar-refractivity contribution in [2.75, 3.05) is 32.8 Å². The first-order valence-corrected chi connectivity index (χ1v) is 15.4. The summed E-state index contributed by atoms with van der Waals surface area (Å²) >= 11 is 0. The van der Waals surface area contributed by atoms with E-state index in [9.17, 15) is 24.3 Å². The molecule has 0 radical (unpaired) electrons. The molecule has 1 unspecified atom stereocenters. The van der Waals surface area contributed by atoms with Gasteiger partial charge in [0.1, 0.15) is 17.8 Å². The molecule has 13 nitrogen and oxygen atoms in total. The van der Waals surface area contributed by atoms with E-state index < -0.39 is 29.9 Å². The monoisotopic (exact) mass is 624 g/mol. The smallest absolute Gasteiger partial charge is 0.409 e. The van der Waals surface area contributed by atoms with Gasteiger partial charge in [-0.1, -0.05) is 30.3 Å². The molecule has 244 valence electrons. The summed E-state index contributed by atoms with van der Waals surface area (Å²) in [7, 11) is 0. The van der Waals surface area contributed by atoms with Crippen LogP contribution in [0.5, 0.6) is 5.88 Å². The summed E-state index contributed by atoms with van der Waals surface area (Å²) in [6.07, 6.45) is 0.373. The Hall–Kier alpha value is -4.26. The lowest BCUT2D eigenvalue weighted by Gasteiger charge is -2.46. The molecule has 0 bridgehead atoms. The zero-order chi connectivity index (χ0) is 32.8. The second-order valence-electron chi connectivity index (χ2n) is 12.8. The number of carbonyl (C=O) groups excluding carboxylic acids is 3. The van der Waals surface area contributed by atoms with Gasteiger partial charge in [-0.2, -0.15) is 4.98 Å². The number of nitrogens with one attached hydrogen (secondary N) is 2. The van der Waals surface area contributed by atoms with Gasteiger partial charge in [0.2, 0.25) is 11.8 Å². The van der Waals surface area contributed by atoms with Crippen LogP contribution in [0.1, 0.15) is 70.8 Å². The molecule has 2 saturated heterocycles. The fourth-order valence-electron chi connectivity index (χ4n) is 6.10. The Morgan fingerprint density at radius 3 is 2.22 bits per heavy atom. The van der Waals surface area contributed by atoms with Gasteiger partial charge in [0.05, 0.1) is 6.61 Å². The van der Waals surface area contributed by atoms with Crippen molar-refractivity contribution in [3.8, 4) is 17.3 Å². The average molecular weight is 625 g/mol. The minimum Gasteiger partial charge on any atom is -0.481 e. The quantitative estimate of drug-likeness (QED) is 0.358. The molecule has 0 spiro atoms. The molecule has 4 rings (SSSR count). The van der Waals surface area contributed by atoms with Crippen LogP contribution >= 0.6 is 0 Å². The minimum absolute atomic E-state index is 0.00781. The molecule has 2 aliphatic rings. The zero-order valence-corrected chi connectivity index (χ0v) is 26.7. The molecule has 45 heavy (non-hydrogen) atoms. The van der Waals surface area contributed by atoms with Gasteiger partial charge in [0, 0.05) is 68.1 Å². The van der Waals surface area contributed by atoms with Crippen molar-refractivity contribution in [2.24, 2.45) is 0 Å². The van der Waals surface area contributed by atoms with Crippen molar-refractivity contribution in [1.29, 1.82) is 0 Å². The Morgan fingerprint density at radius 1 is 1.00 bits per heavy atom. The summed E-state index contributed by atoms with van der Waals surface area (Å²) in [6, 6.07) is 9.54. The molecule has 1 atom stereocenters. The number of carbonyl (C=O) groups is 4. The third-order valence-corrected chi connectivity index (χ3v) is 7.78. The maximum absolute atomic E-state index is 13.7. The Kier molecular flexibility index (Phi) is 10.6. The molecule has 2 fully saturated rings. The van der Waals surface area contributed by atoms with Crippen molar-refractivity contribution in [3.63, 3.8) is 0 Å². The van der Waals surface area contributed by atoms with Gasteiger partial charge < -0.3 is 35.0 Å². The van der Waals surface area contributed by atoms with Crippen LogP contribution in [0.2, 0.25) is 0 Å². The van der Waals surface area contributed by atoms with Crippen molar-refractivity contribution >= 4 is 23.9 Å². The highest BCUT2D eigenvalue weighted by molar-refractivity contribution is 5.96. The van der Waals surface area contributed by atoms with Crippen molar-refractivity contribution < 1.29 is 33.8 Å². The lowest BCUT2D eigenvalue weighted by molar-refractivity contribution is -0.138. The number of carboxylic acids is 1. The van der Waals surface area contributed by atoms with Gasteiger partial charge in [-0.25, -0.2) is 9.78 Å². The van der Waals surface area contributed by atoms with Gasteiger partial charge in [-0.3, -0.25) is 14.4 Å². The first-order valence-electron chi connectivity index (χ1n) is 15.4. The van der Waals surface area contributed by atoms with Crippen LogP contribution in [0.3, 0.4) is 0 Å². The highest BCUT2D eigenvalue weighted by Crippen LogP contribution is 2.31. The number of aromatic nitrogens is 2. The fourth-order valence-corrected chi connectivity index (χ4v) is 6.10. The number of piperidine rings is 1. The highest BCUT2D eigenvalue weighted by Gasteiger charge is 2.39. The summed E-state index contributed by atoms with van der Waals surface area (Å²) in [5.41, 5.74) is 0.315. The Labute approximate surface area is 263 Å². The van der Waals surface area contributed by atoms with E-state index in [1.54, 1.807) is 6.92 Å². The number of aliphatic carboxylic acids is 1. The van der Waals surface area contributed by atoms with Crippen molar-refractivity contribution in [2.45, 2.75) is 83.5 Å². The fraction of sp³-hybridized carbons (Fsp3) is 0.562. The first kappa shape index (κ1) is 33.6. The van der Waals surface area contributed by atoms with Crippen LogP contribution in [0.25, 0.3) is 11.4 Å². The number of nitrogens with zero attached hydrogens (tertiary/aromatic N) is 4. The molecule has 3 heterocycles. The van der Waals surface area contributed by atoms with E-state index >= 15 is 0 Å². The largest absolute Gasteiger partial charge is 0.481 e. The van der Waals surface area contributed by atoms with E-state index in [0.717, 1.165) is 12.8 Å². The number of benzene rings is 1. The number of rotatable bonds is 10. The topological polar surface area (TPSA) is 163 Å². The molecule has 13 heteroatoms. The van der Waals surface area contributed by atoms with E-state index in [-0.39, 0.29) is 80.2 Å².